The number of allylic oxidation sites excluding steroid dienone is 1. The molecule has 3 heterocycles. The predicted molar refractivity (Wildman–Crippen MR) is 172 cm³/mol. The van der Waals surface area contributed by atoms with E-state index in [1.54, 1.807) is 13.4 Å². The number of methoxy groups -OCH3 is 1. The van der Waals surface area contributed by atoms with E-state index in [2.05, 4.69) is 72.1 Å². The highest BCUT2D eigenvalue weighted by molar-refractivity contribution is 5.88. The van der Waals surface area contributed by atoms with Crippen LogP contribution in [0.3, 0.4) is 0 Å². The number of rotatable bonds is 13. The van der Waals surface area contributed by atoms with Crippen LogP contribution in [0.4, 0.5) is 0 Å². The molecule has 228 valence electrons. The minimum absolute atomic E-state index is 0.303. The number of carbonyl (C=O) groups excluding carboxylic acids is 1. The number of amides is 1. The fourth-order valence-electron chi connectivity index (χ4n) is 5.35. The molecule has 1 atom stereocenters. The zero-order chi connectivity index (χ0) is 30.3. The quantitative estimate of drug-likeness (QED) is 0.187. The average Bonchev–Trinajstić information content (AvgIpc) is 3.81. The van der Waals surface area contributed by atoms with Gasteiger partial charge in [0.15, 0.2) is 0 Å². The van der Waals surface area contributed by atoms with Gasteiger partial charge in [0, 0.05) is 76.7 Å². The number of piperazine rings is 1. The van der Waals surface area contributed by atoms with Crippen LogP contribution < -0.4 is 16.0 Å². The maximum Gasteiger partial charge on any atom is 0.247 e. The minimum Gasteiger partial charge on any atom is -0.495 e. The smallest absolute Gasteiger partial charge is 0.247 e. The van der Waals surface area contributed by atoms with Crippen LogP contribution in [-0.4, -0.2) is 102 Å². The molecule has 1 saturated carbocycles. The van der Waals surface area contributed by atoms with Gasteiger partial charge >= 0.3 is 0 Å². The Morgan fingerprint density at radius 3 is 2.77 bits per heavy atom. The number of hydrogen-bond donors (Lipinski definition) is 3. The van der Waals surface area contributed by atoms with Gasteiger partial charge in [-0.2, -0.15) is 5.10 Å². The van der Waals surface area contributed by atoms with E-state index in [0.717, 1.165) is 67.5 Å². The molecule has 0 bridgehead atoms. The van der Waals surface area contributed by atoms with Gasteiger partial charge in [0.05, 0.1) is 36.6 Å². The van der Waals surface area contributed by atoms with Crippen molar-refractivity contribution in [2.24, 2.45) is 12.0 Å². The summed E-state index contributed by atoms with van der Waals surface area (Å²) >= 11 is 0. The normalized spacial score (nSPS) is 19.9. The first kappa shape index (κ1) is 30.1. The number of aryl methyl sites for hydroxylation is 1. The third-order valence-corrected chi connectivity index (χ3v) is 8.04. The lowest BCUT2D eigenvalue weighted by atomic mass is 10.1. The van der Waals surface area contributed by atoms with Crippen molar-refractivity contribution in [2.45, 2.75) is 25.0 Å². The summed E-state index contributed by atoms with van der Waals surface area (Å²) in [6.07, 6.45) is 12.8. The molecule has 1 aromatic heterocycles. The second kappa shape index (κ2) is 13.7. The van der Waals surface area contributed by atoms with Gasteiger partial charge in [0.1, 0.15) is 11.9 Å². The number of nitrogens with zero attached hydrogens (tertiary/aromatic N) is 6. The first-order valence-electron chi connectivity index (χ1n) is 14.8. The average molecular weight is 586 g/mol. The maximum atomic E-state index is 12.4. The Balaban J connectivity index is 1.29. The van der Waals surface area contributed by atoms with Crippen molar-refractivity contribution in [1.29, 1.82) is 0 Å². The van der Waals surface area contributed by atoms with Crippen LogP contribution in [0, 0.1) is 0 Å². The molecule has 3 aliphatic rings. The maximum absolute atomic E-state index is 12.4. The number of benzene rings is 1. The zero-order valence-corrected chi connectivity index (χ0v) is 25.4. The van der Waals surface area contributed by atoms with E-state index in [-0.39, 0.29) is 5.91 Å². The molecule has 2 aliphatic heterocycles. The van der Waals surface area contributed by atoms with Crippen LogP contribution in [0.5, 0.6) is 0 Å². The number of aromatic nitrogens is 2. The van der Waals surface area contributed by atoms with Crippen molar-refractivity contribution >= 4 is 28.8 Å². The lowest BCUT2D eigenvalue weighted by Crippen LogP contribution is -2.48. The van der Waals surface area contributed by atoms with Gasteiger partial charge < -0.3 is 25.6 Å². The fourth-order valence-corrected chi connectivity index (χ4v) is 5.35. The highest BCUT2D eigenvalue weighted by atomic mass is 16.5. The Kier molecular flexibility index (Phi) is 9.63. The number of nitrogens with one attached hydrogen (secondary N) is 3. The Bertz CT molecular complexity index is 1460. The second-order valence-electron chi connectivity index (χ2n) is 11.2. The molecule has 0 radical (unpaired) electrons. The number of aliphatic imine (C=N–C) groups is 1. The Morgan fingerprint density at radius 1 is 1.26 bits per heavy atom. The lowest BCUT2D eigenvalue weighted by Gasteiger charge is -2.35. The summed E-state index contributed by atoms with van der Waals surface area (Å²) in [6.45, 7) is 13.9. The first-order chi connectivity index (χ1) is 20.8. The lowest BCUT2D eigenvalue weighted by molar-refractivity contribution is -0.115. The van der Waals surface area contributed by atoms with Gasteiger partial charge in [-0.3, -0.25) is 19.3 Å². The number of carbonyl (C=O) groups is 1. The highest BCUT2D eigenvalue weighted by Crippen LogP contribution is 2.27. The predicted octanol–water partition coefficient (Wildman–Crippen LogP) is 2.36. The van der Waals surface area contributed by atoms with E-state index in [9.17, 15) is 4.79 Å². The molecule has 0 spiro atoms. The van der Waals surface area contributed by atoms with Gasteiger partial charge in [0.25, 0.3) is 0 Å². The molecule has 1 saturated heterocycles. The molecule has 1 amide bonds. The van der Waals surface area contributed by atoms with E-state index < -0.39 is 6.17 Å². The second-order valence-corrected chi connectivity index (χ2v) is 11.2. The van der Waals surface area contributed by atoms with Crippen molar-refractivity contribution < 1.29 is 9.53 Å². The van der Waals surface area contributed by atoms with E-state index in [1.807, 2.05) is 43.3 Å². The molecule has 1 aliphatic carbocycles. The SMILES string of the molecule is C=CC(=O)NC(=C\N(C)CCN1CCN(C2CC2)CC1)/C=C(/NC1C=C(c2ccc3c(cnn3C)c2)NC=N1)C(=C)OC. The summed E-state index contributed by atoms with van der Waals surface area (Å²) in [5.74, 6) is 0.109. The zero-order valence-electron chi connectivity index (χ0n) is 25.4. The van der Waals surface area contributed by atoms with Gasteiger partial charge in [-0.1, -0.05) is 19.2 Å². The molecular formula is C32H43N9O2. The van der Waals surface area contributed by atoms with Crippen LogP contribution in [0.25, 0.3) is 16.6 Å². The first-order valence-corrected chi connectivity index (χ1v) is 14.8. The van der Waals surface area contributed by atoms with Gasteiger partial charge in [-0.15, -0.1) is 0 Å². The van der Waals surface area contributed by atoms with Crippen molar-refractivity contribution in [3.63, 3.8) is 0 Å². The minimum atomic E-state index is -0.401. The molecular weight excluding hydrogens is 542 g/mol. The number of likely N-dealkylation sites (N-methyl/N-ethyl adjacent to an activating group) is 1. The summed E-state index contributed by atoms with van der Waals surface area (Å²) in [4.78, 5) is 24.1. The molecule has 1 aromatic carbocycles. The van der Waals surface area contributed by atoms with E-state index in [4.69, 9.17) is 4.74 Å². The summed E-state index contributed by atoms with van der Waals surface area (Å²) in [5.41, 5.74) is 4.16. The molecule has 11 nitrogen and oxygen atoms in total. The van der Waals surface area contributed by atoms with E-state index in [0.29, 0.717) is 17.2 Å². The Hall–Kier alpha value is -4.35. The summed E-state index contributed by atoms with van der Waals surface area (Å²) in [7, 11) is 5.50. The van der Waals surface area contributed by atoms with E-state index in [1.165, 1.54) is 18.9 Å². The van der Waals surface area contributed by atoms with Gasteiger partial charge in [-0.05, 0) is 48.8 Å². The molecule has 2 fully saturated rings. The monoisotopic (exact) mass is 585 g/mol. The Morgan fingerprint density at radius 2 is 2.05 bits per heavy atom. The van der Waals surface area contributed by atoms with Crippen molar-refractivity contribution in [2.75, 3.05) is 53.4 Å². The van der Waals surface area contributed by atoms with Gasteiger partial charge in [-0.25, -0.2) is 4.99 Å². The third-order valence-electron chi connectivity index (χ3n) is 8.04. The number of fused-ring (bicyclic) bond motifs is 1. The summed E-state index contributed by atoms with van der Waals surface area (Å²) in [6, 6.07) is 7.03. The molecule has 2 aromatic rings. The highest BCUT2D eigenvalue weighted by Gasteiger charge is 2.31. The largest absolute Gasteiger partial charge is 0.495 e. The molecule has 3 N–H and O–H groups in total. The fraction of sp³-hybridized carbons (Fsp3) is 0.406. The molecule has 1 unspecified atom stereocenters. The Labute approximate surface area is 253 Å². The van der Waals surface area contributed by atoms with Crippen molar-refractivity contribution in [3.8, 4) is 0 Å². The van der Waals surface area contributed by atoms with Crippen LogP contribution in [0.2, 0.25) is 0 Å². The summed E-state index contributed by atoms with van der Waals surface area (Å²) < 4.78 is 7.35. The van der Waals surface area contributed by atoms with Crippen LogP contribution >= 0.6 is 0 Å². The molecule has 5 rings (SSSR count). The standard InChI is InChI=1S/C32H43N9O2/c1-6-32(42)36-26(21-38(3)11-12-40-13-15-41(16-14-40)27-8-9-27)18-28(23(2)43-5)37-31-19-29(33-22-34-31)24-7-10-30-25(17-24)20-35-39(30)4/h6-7,10,17-22,27,31,37H,1-2,8-9,11-16H2,3-5H3,(H,33,34)(H,36,42)/b26-21-,28-18+. The summed E-state index contributed by atoms with van der Waals surface area (Å²) in [5, 5.41) is 15.0. The molecule has 11 heteroatoms. The molecule has 43 heavy (non-hydrogen) atoms. The third kappa shape index (κ3) is 7.94. The van der Waals surface area contributed by atoms with Gasteiger partial charge in [0.2, 0.25) is 5.91 Å². The van der Waals surface area contributed by atoms with Crippen molar-refractivity contribution in [1.82, 2.24) is 40.4 Å². The van der Waals surface area contributed by atoms with E-state index >= 15 is 0 Å². The van der Waals surface area contributed by atoms with Crippen LogP contribution in [0.15, 0.2) is 84.1 Å². The number of ether oxygens (including phenoxy) is 1. The number of hydrogen-bond acceptors (Lipinski definition) is 9. The topological polar surface area (TPSA) is 102 Å². The van der Waals surface area contributed by atoms with Crippen LogP contribution in [-0.2, 0) is 16.6 Å². The van der Waals surface area contributed by atoms with Crippen molar-refractivity contribution in [3.05, 3.63) is 84.7 Å². The van der Waals surface area contributed by atoms with Crippen LogP contribution in [0.1, 0.15) is 18.4 Å².